The van der Waals surface area contributed by atoms with Crippen molar-refractivity contribution in [3.63, 3.8) is 0 Å². The first-order valence-electron chi connectivity index (χ1n) is 10.1. The van der Waals surface area contributed by atoms with Crippen molar-refractivity contribution in [1.29, 1.82) is 0 Å². The fraction of sp³-hybridized carbons (Fsp3) is 0.318. The summed E-state index contributed by atoms with van der Waals surface area (Å²) in [5.74, 6) is 0.283. The second-order valence-corrected chi connectivity index (χ2v) is 8.26. The van der Waals surface area contributed by atoms with Crippen LogP contribution in [-0.2, 0) is 16.8 Å². The van der Waals surface area contributed by atoms with E-state index >= 15 is 0 Å². The molecule has 3 aromatic heterocycles. The molecule has 0 bridgehead atoms. The first kappa shape index (κ1) is 20.5. The Morgan fingerprint density at radius 2 is 1.87 bits per heavy atom. The third-order valence-corrected chi connectivity index (χ3v) is 4.85. The lowest BCUT2D eigenvalue weighted by Gasteiger charge is -2.13. The molecule has 0 aliphatic rings. The molecule has 3 heterocycles. The van der Waals surface area contributed by atoms with Gasteiger partial charge in [-0.15, -0.1) is 0 Å². The highest BCUT2D eigenvalue weighted by atomic mass is 16.4. The molecule has 0 spiro atoms. The maximum Gasteiger partial charge on any atom is 0.419 e. The summed E-state index contributed by atoms with van der Waals surface area (Å²) in [6, 6.07) is 10.8. The van der Waals surface area contributed by atoms with Gasteiger partial charge in [-0.3, -0.25) is 9.36 Å². The van der Waals surface area contributed by atoms with Crippen molar-refractivity contribution >= 4 is 22.8 Å². The number of benzene rings is 1. The smallest absolute Gasteiger partial charge is 0.408 e. The predicted octanol–water partition coefficient (Wildman–Crippen LogP) is 3.29. The number of hydrogen-bond acceptors (Lipinski definition) is 6. The molecular formula is C22H24N6O3. The van der Waals surface area contributed by atoms with Crippen LogP contribution in [0.1, 0.15) is 39.3 Å². The van der Waals surface area contributed by atoms with Gasteiger partial charge in [0, 0.05) is 36.8 Å². The van der Waals surface area contributed by atoms with E-state index in [1.54, 1.807) is 29.1 Å². The Morgan fingerprint density at radius 3 is 2.61 bits per heavy atom. The molecule has 1 N–H and O–H groups in total. The third-order valence-electron chi connectivity index (χ3n) is 4.85. The van der Waals surface area contributed by atoms with Gasteiger partial charge >= 0.3 is 5.76 Å². The van der Waals surface area contributed by atoms with Gasteiger partial charge in [-0.25, -0.2) is 14.8 Å². The number of aryl methyl sites for hydroxylation is 1. The first-order chi connectivity index (χ1) is 14.8. The molecule has 9 heteroatoms. The average Bonchev–Trinajstić information content (AvgIpc) is 3.30. The van der Waals surface area contributed by atoms with Crippen molar-refractivity contribution in [3.05, 3.63) is 65.0 Å². The van der Waals surface area contributed by atoms with Crippen LogP contribution in [0.3, 0.4) is 0 Å². The van der Waals surface area contributed by atoms with Gasteiger partial charge in [0.1, 0.15) is 5.82 Å². The molecule has 31 heavy (non-hydrogen) atoms. The number of aromatic nitrogens is 5. The molecule has 0 atom stereocenters. The number of carbonyl (C=O) groups is 1. The Hall–Kier alpha value is -3.75. The van der Waals surface area contributed by atoms with Gasteiger partial charge in [-0.05, 0) is 24.6 Å². The topological polar surface area (TPSA) is 108 Å². The van der Waals surface area contributed by atoms with Crippen LogP contribution in [0.2, 0.25) is 0 Å². The molecule has 1 aromatic carbocycles. The zero-order valence-electron chi connectivity index (χ0n) is 17.7. The van der Waals surface area contributed by atoms with Gasteiger partial charge in [0.25, 0.3) is 5.95 Å². The van der Waals surface area contributed by atoms with Crippen LogP contribution in [0.25, 0.3) is 17.0 Å². The first-order valence-corrected chi connectivity index (χ1v) is 10.1. The number of amides is 1. The van der Waals surface area contributed by atoms with E-state index < -0.39 is 5.76 Å². The van der Waals surface area contributed by atoms with E-state index in [0.29, 0.717) is 30.3 Å². The fourth-order valence-corrected chi connectivity index (χ4v) is 3.22. The van der Waals surface area contributed by atoms with Gasteiger partial charge < -0.3 is 9.73 Å². The molecular weight excluding hydrogens is 396 g/mol. The summed E-state index contributed by atoms with van der Waals surface area (Å²) in [4.78, 5) is 33.2. The molecule has 0 aliphatic heterocycles. The van der Waals surface area contributed by atoms with E-state index in [1.165, 1.54) is 4.68 Å². The van der Waals surface area contributed by atoms with Crippen LogP contribution in [0, 0.1) is 0 Å². The van der Waals surface area contributed by atoms with Crippen molar-refractivity contribution in [2.45, 2.75) is 45.6 Å². The van der Waals surface area contributed by atoms with Crippen LogP contribution in [-0.4, -0.2) is 30.2 Å². The van der Waals surface area contributed by atoms with Gasteiger partial charge in [0.2, 0.25) is 5.91 Å². The van der Waals surface area contributed by atoms with Crippen molar-refractivity contribution in [1.82, 2.24) is 24.3 Å². The van der Waals surface area contributed by atoms with E-state index in [9.17, 15) is 9.59 Å². The molecule has 0 radical (unpaired) electrons. The fourth-order valence-electron chi connectivity index (χ4n) is 3.22. The molecule has 4 aromatic rings. The number of carbonyl (C=O) groups excluding carboxylic acids is 1. The van der Waals surface area contributed by atoms with Crippen molar-refractivity contribution < 1.29 is 9.21 Å². The SMILES string of the molecule is CC(C)(C)c1cc(NC(=O)CCCn2c(=O)oc3ccccc32)n(-c2ncccn2)n1. The summed E-state index contributed by atoms with van der Waals surface area (Å²) in [6.07, 6.45) is 3.97. The van der Waals surface area contributed by atoms with Crippen molar-refractivity contribution in [2.75, 3.05) is 5.32 Å². The molecule has 0 fully saturated rings. The van der Waals surface area contributed by atoms with E-state index in [2.05, 4.69) is 20.4 Å². The highest BCUT2D eigenvalue weighted by Gasteiger charge is 2.22. The number of para-hydroxylation sites is 2. The summed E-state index contributed by atoms with van der Waals surface area (Å²) in [6.45, 7) is 6.52. The van der Waals surface area contributed by atoms with Gasteiger partial charge in [0.15, 0.2) is 5.58 Å². The third kappa shape index (κ3) is 4.40. The number of rotatable bonds is 6. The lowest BCUT2D eigenvalue weighted by molar-refractivity contribution is -0.116. The summed E-state index contributed by atoms with van der Waals surface area (Å²) >= 11 is 0. The quantitative estimate of drug-likeness (QED) is 0.513. The number of fused-ring (bicyclic) bond motifs is 1. The van der Waals surface area contributed by atoms with Crippen LogP contribution < -0.4 is 11.1 Å². The molecule has 0 saturated heterocycles. The number of nitrogens with zero attached hydrogens (tertiary/aromatic N) is 5. The molecule has 160 valence electrons. The molecule has 0 saturated carbocycles. The van der Waals surface area contributed by atoms with Crippen molar-refractivity contribution in [2.24, 2.45) is 0 Å². The Morgan fingerprint density at radius 1 is 1.13 bits per heavy atom. The summed E-state index contributed by atoms with van der Waals surface area (Å²) in [7, 11) is 0. The van der Waals surface area contributed by atoms with Crippen LogP contribution in [0.4, 0.5) is 5.82 Å². The zero-order valence-corrected chi connectivity index (χ0v) is 17.7. The van der Waals surface area contributed by atoms with E-state index in [0.717, 1.165) is 11.2 Å². The van der Waals surface area contributed by atoms with Gasteiger partial charge in [-0.1, -0.05) is 32.9 Å². The van der Waals surface area contributed by atoms with Crippen LogP contribution >= 0.6 is 0 Å². The van der Waals surface area contributed by atoms with Crippen molar-refractivity contribution in [3.8, 4) is 5.95 Å². The standard InChI is InChI=1S/C22H24N6O3/c1-22(2,3)17-14-18(28(26-17)20-23-11-7-12-24-20)25-19(29)10-6-13-27-15-8-4-5-9-16(15)31-21(27)30/h4-5,7-9,11-12,14H,6,10,13H2,1-3H3,(H,25,29). The molecule has 0 aliphatic carbocycles. The highest BCUT2D eigenvalue weighted by molar-refractivity contribution is 5.90. The van der Waals surface area contributed by atoms with E-state index in [4.69, 9.17) is 4.42 Å². The monoisotopic (exact) mass is 420 g/mol. The second-order valence-electron chi connectivity index (χ2n) is 8.26. The lowest BCUT2D eigenvalue weighted by atomic mass is 9.92. The Labute approximate surface area is 178 Å². The molecule has 1 amide bonds. The van der Waals surface area contributed by atoms with Crippen LogP contribution in [0.5, 0.6) is 0 Å². The zero-order chi connectivity index (χ0) is 22.0. The summed E-state index contributed by atoms with van der Waals surface area (Å²) in [5, 5.41) is 7.49. The van der Waals surface area contributed by atoms with E-state index in [-0.39, 0.29) is 17.7 Å². The Balaban J connectivity index is 1.47. The number of oxazole rings is 1. The minimum absolute atomic E-state index is 0.182. The summed E-state index contributed by atoms with van der Waals surface area (Å²) in [5.41, 5.74) is 1.87. The van der Waals surface area contributed by atoms with Gasteiger partial charge in [-0.2, -0.15) is 9.78 Å². The Bertz CT molecular complexity index is 1260. The predicted molar refractivity (Wildman–Crippen MR) is 116 cm³/mol. The summed E-state index contributed by atoms with van der Waals surface area (Å²) < 4.78 is 8.31. The minimum Gasteiger partial charge on any atom is -0.408 e. The normalized spacial score (nSPS) is 11.7. The minimum atomic E-state index is -0.421. The second kappa shape index (κ2) is 8.17. The maximum atomic E-state index is 12.6. The molecule has 4 rings (SSSR count). The van der Waals surface area contributed by atoms with E-state index in [1.807, 2.05) is 45.0 Å². The van der Waals surface area contributed by atoms with Gasteiger partial charge in [0.05, 0.1) is 11.2 Å². The number of hydrogen-bond donors (Lipinski definition) is 1. The maximum absolute atomic E-state index is 12.6. The van der Waals surface area contributed by atoms with Crippen LogP contribution in [0.15, 0.2) is 58.0 Å². The highest BCUT2D eigenvalue weighted by Crippen LogP contribution is 2.25. The molecule has 0 unspecified atom stereocenters. The average molecular weight is 420 g/mol. The largest absolute Gasteiger partial charge is 0.419 e. The number of anilines is 1. The number of nitrogens with one attached hydrogen (secondary N) is 1. The Kier molecular flexibility index (Phi) is 5.41. The lowest BCUT2D eigenvalue weighted by Crippen LogP contribution is -2.18. The molecule has 9 nitrogen and oxygen atoms in total.